The lowest BCUT2D eigenvalue weighted by molar-refractivity contribution is -0.145. The molecule has 1 aromatic rings. The Morgan fingerprint density at radius 3 is 2.82 bits per heavy atom. The number of aromatic hydroxyl groups is 1. The molecule has 1 amide bonds. The van der Waals surface area contributed by atoms with Crippen LogP contribution in [0.4, 0.5) is 0 Å². The van der Waals surface area contributed by atoms with Gasteiger partial charge in [0.15, 0.2) is 0 Å². The zero-order valence-electron chi connectivity index (χ0n) is 11.9. The highest BCUT2D eigenvalue weighted by atomic mass is 32.2. The third kappa shape index (κ3) is 3.48. The van der Waals surface area contributed by atoms with E-state index in [1.54, 1.807) is 18.2 Å². The molecule has 5 nitrogen and oxygen atoms in total. The molecule has 1 fully saturated rings. The Balaban J connectivity index is 2.30. The third-order valence-corrected chi connectivity index (χ3v) is 4.48. The fourth-order valence-corrected chi connectivity index (χ4v) is 3.51. The maximum absolute atomic E-state index is 12.4. The number of phenolic OH excluding ortho intramolecular Hbond substituents is 1. The van der Waals surface area contributed by atoms with Gasteiger partial charge < -0.3 is 10.2 Å². The molecule has 0 bridgehead atoms. The number of nitrogens with zero attached hydrogens (tertiary/aromatic N) is 1. The van der Waals surface area contributed by atoms with Gasteiger partial charge >= 0.3 is 5.97 Å². The van der Waals surface area contributed by atoms with E-state index in [1.165, 1.54) is 17.0 Å². The summed E-state index contributed by atoms with van der Waals surface area (Å²) in [6, 6.07) is 5.52. The zero-order valence-corrected chi connectivity index (χ0v) is 13.5. The molecule has 0 aromatic heterocycles. The monoisotopic (exact) mass is 337 g/mol. The van der Waals surface area contributed by atoms with Gasteiger partial charge in [-0.1, -0.05) is 49.5 Å². The van der Waals surface area contributed by atoms with Crippen LogP contribution in [0, 0.1) is 0 Å². The quantitative estimate of drug-likeness (QED) is 0.635. The Hall–Kier alpha value is -1.86. The van der Waals surface area contributed by atoms with Crippen LogP contribution in [0.3, 0.4) is 0 Å². The minimum absolute atomic E-state index is 0.0959. The Kier molecular flexibility index (Phi) is 5.20. The van der Waals surface area contributed by atoms with E-state index in [2.05, 4.69) is 0 Å². The van der Waals surface area contributed by atoms with Crippen molar-refractivity contribution in [1.29, 1.82) is 0 Å². The van der Waals surface area contributed by atoms with Crippen molar-refractivity contribution in [3.63, 3.8) is 0 Å². The van der Waals surface area contributed by atoms with Crippen molar-refractivity contribution >= 4 is 46.3 Å². The standard InChI is InChI=1S/C15H15NO4S2/c1-2-4-11(14(19)20)16-13(18)12(22-15(16)21)8-9-5-3-6-10(17)7-9/h3,5-8,11,17H,2,4H2,1H3,(H,19,20)/b12-8-/t11-/m0/s1. The van der Waals surface area contributed by atoms with E-state index in [1.807, 2.05) is 6.92 Å². The summed E-state index contributed by atoms with van der Waals surface area (Å²) in [7, 11) is 0. The highest BCUT2D eigenvalue weighted by Gasteiger charge is 2.39. The lowest BCUT2D eigenvalue weighted by Crippen LogP contribution is -2.43. The molecule has 7 heteroatoms. The van der Waals surface area contributed by atoms with Gasteiger partial charge in [0, 0.05) is 0 Å². The van der Waals surface area contributed by atoms with Crippen molar-refractivity contribution in [3.8, 4) is 5.75 Å². The van der Waals surface area contributed by atoms with E-state index in [-0.39, 0.29) is 10.1 Å². The number of thioether (sulfide) groups is 1. The molecule has 0 saturated carbocycles. The summed E-state index contributed by atoms with van der Waals surface area (Å²) in [6.45, 7) is 1.86. The molecule has 1 atom stereocenters. The predicted molar refractivity (Wildman–Crippen MR) is 89.5 cm³/mol. The Morgan fingerprint density at radius 2 is 2.23 bits per heavy atom. The highest BCUT2D eigenvalue weighted by Crippen LogP contribution is 2.35. The first kappa shape index (κ1) is 16.5. The van der Waals surface area contributed by atoms with Crippen LogP contribution in [0.15, 0.2) is 29.2 Å². The summed E-state index contributed by atoms with van der Waals surface area (Å²) in [5.74, 6) is -1.37. The number of aliphatic carboxylic acids is 1. The summed E-state index contributed by atoms with van der Waals surface area (Å²) in [6.07, 6.45) is 2.59. The number of carbonyl (C=O) groups is 2. The van der Waals surface area contributed by atoms with Crippen LogP contribution in [0.5, 0.6) is 5.75 Å². The molecular formula is C15H15NO4S2. The molecule has 22 heavy (non-hydrogen) atoms. The van der Waals surface area contributed by atoms with E-state index in [0.717, 1.165) is 11.8 Å². The summed E-state index contributed by atoms with van der Waals surface area (Å²) in [5, 5.41) is 18.8. The maximum atomic E-state index is 12.4. The Bertz CT molecular complexity index is 657. The number of thiocarbonyl (C=S) groups is 1. The molecule has 1 saturated heterocycles. The van der Waals surface area contributed by atoms with Crippen LogP contribution in [0.1, 0.15) is 25.3 Å². The van der Waals surface area contributed by atoms with Gasteiger partial charge in [-0.3, -0.25) is 9.69 Å². The van der Waals surface area contributed by atoms with Gasteiger partial charge in [0.05, 0.1) is 4.91 Å². The van der Waals surface area contributed by atoms with E-state index < -0.39 is 17.9 Å². The van der Waals surface area contributed by atoms with Crippen molar-refractivity contribution in [3.05, 3.63) is 34.7 Å². The minimum Gasteiger partial charge on any atom is -0.508 e. The Morgan fingerprint density at radius 1 is 1.50 bits per heavy atom. The van der Waals surface area contributed by atoms with E-state index >= 15 is 0 Å². The lowest BCUT2D eigenvalue weighted by Gasteiger charge is -2.22. The van der Waals surface area contributed by atoms with Crippen LogP contribution in [-0.2, 0) is 9.59 Å². The summed E-state index contributed by atoms with van der Waals surface area (Å²) in [4.78, 5) is 25.3. The van der Waals surface area contributed by atoms with Crippen LogP contribution >= 0.6 is 24.0 Å². The number of hydrogen-bond acceptors (Lipinski definition) is 5. The zero-order chi connectivity index (χ0) is 16.3. The molecule has 1 heterocycles. The molecule has 1 aromatic carbocycles. The fourth-order valence-electron chi connectivity index (χ4n) is 2.15. The van der Waals surface area contributed by atoms with Gasteiger partial charge in [-0.25, -0.2) is 4.79 Å². The van der Waals surface area contributed by atoms with Crippen molar-refractivity contribution in [1.82, 2.24) is 4.90 Å². The van der Waals surface area contributed by atoms with Crippen LogP contribution in [0.25, 0.3) is 6.08 Å². The number of rotatable bonds is 5. The average Bonchev–Trinajstić information content (AvgIpc) is 2.71. The molecule has 0 radical (unpaired) electrons. The normalized spacial score (nSPS) is 18.0. The summed E-state index contributed by atoms with van der Waals surface area (Å²) in [5.41, 5.74) is 0.655. The molecule has 116 valence electrons. The molecular weight excluding hydrogens is 322 g/mol. The van der Waals surface area contributed by atoms with Crippen molar-refractivity contribution < 1.29 is 19.8 Å². The Labute approximate surface area is 137 Å². The molecule has 0 unspecified atom stereocenters. The lowest BCUT2D eigenvalue weighted by atomic mass is 10.1. The first-order valence-corrected chi connectivity index (χ1v) is 7.95. The third-order valence-electron chi connectivity index (χ3n) is 3.15. The number of benzene rings is 1. The van der Waals surface area contributed by atoms with Gasteiger partial charge in [0.25, 0.3) is 5.91 Å². The number of amides is 1. The number of carboxylic acid groups (broad SMARTS) is 1. The molecule has 0 spiro atoms. The van der Waals surface area contributed by atoms with Crippen LogP contribution < -0.4 is 0 Å². The van der Waals surface area contributed by atoms with Crippen molar-refractivity contribution in [2.75, 3.05) is 0 Å². The molecule has 2 rings (SSSR count). The summed E-state index contributed by atoms with van der Waals surface area (Å²) >= 11 is 6.24. The molecule has 0 aliphatic carbocycles. The molecule has 1 aliphatic heterocycles. The second-order valence-electron chi connectivity index (χ2n) is 4.79. The number of phenols is 1. The average molecular weight is 337 g/mol. The number of carbonyl (C=O) groups excluding carboxylic acids is 1. The fraction of sp³-hybridized carbons (Fsp3) is 0.267. The highest BCUT2D eigenvalue weighted by molar-refractivity contribution is 8.26. The second kappa shape index (κ2) is 6.93. The van der Waals surface area contributed by atoms with Gasteiger partial charge in [-0.15, -0.1) is 0 Å². The number of carboxylic acids is 1. The SMILES string of the molecule is CCC[C@@H](C(=O)O)N1C(=O)/C(=C/c2cccc(O)c2)SC1=S. The van der Waals surface area contributed by atoms with Crippen LogP contribution in [-0.4, -0.2) is 37.4 Å². The van der Waals surface area contributed by atoms with Gasteiger partial charge in [-0.05, 0) is 30.2 Å². The molecule has 2 N–H and O–H groups in total. The van der Waals surface area contributed by atoms with Gasteiger partial charge in [0.2, 0.25) is 0 Å². The van der Waals surface area contributed by atoms with Gasteiger partial charge in [-0.2, -0.15) is 0 Å². The summed E-state index contributed by atoms with van der Waals surface area (Å²) < 4.78 is 0.247. The first-order valence-electron chi connectivity index (χ1n) is 6.73. The topological polar surface area (TPSA) is 77.8 Å². The van der Waals surface area contributed by atoms with Crippen LogP contribution in [0.2, 0.25) is 0 Å². The smallest absolute Gasteiger partial charge is 0.326 e. The largest absolute Gasteiger partial charge is 0.508 e. The predicted octanol–water partition coefficient (Wildman–Crippen LogP) is 2.85. The van der Waals surface area contributed by atoms with Crippen molar-refractivity contribution in [2.24, 2.45) is 0 Å². The minimum atomic E-state index is -1.06. The van der Waals surface area contributed by atoms with E-state index in [0.29, 0.717) is 23.3 Å². The maximum Gasteiger partial charge on any atom is 0.326 e. The number of hydrogen-bond donors (Lipinski definition) is 2. The molecule has 1 aliphatic rings. The van der Waals surface area contributed by atoms with E-state index in [4.69, 9.17) is 12.2 Å². The van der Waals surface area contributed by atoms with Crippen molar-refractivity contribution in [2.45, 2.75) is 25.8 Å². The van der Waals surface area contributed by atoms with Gasteiger partial charge in [0.1, 0.15) is 16.1 Å². The van der Waals surface area contributed by atoms with E-state index in [9.17, 15) is 19.8 Å². The second-order valence-corrected chi connectivity index (χ2v) is 6.47. The first-order chi connectivity index (χ1) is 10.4.